The van der Waals surface area contributed by atoms with Gasteiger partial charge in [0.25, 0.3) is 5.91 Å². The van der Waals surface area contributed by atoms with E-state index in [0.29, 0.717) is 42.4 Å². The van der Waals surface area contributed by atoms with Crippen molar-refractivity contribution in [3.05, 3.63) is 170 Å². The van der Waals surface area contributed by atoms with Crippen molar-refractivity contribution < 1.29 is 76.4 Å². The number of phenols is 1. The quantitative estimate of drug-likeness (QED) is 0.0126. The van der Waals surface area contributed by atoms with E-state index < -0.39 is 90.1 Å². The van der Waals surface area contributed by atoms with Gasteiger partial charge in [-0.15, -0.1) is 11.3 Å². The number of aliphatic hydroxyl groups excluding tert-OH is 1. The maximum Gasteiger partial charge on any atom is 0.399 e. The molecule has 1 fully saturated rings. The molecule has 0 spiro atoms. The summed E-state index contributed by atoms with van der Waals surface area (Å²) in [6.07, 6.45) is 6.76. The van der Waals surface area contributed by atoms with Crippen LogP contribution in [0.15, 0.2) is 125 Å². The number of amides is 8. The van der Waals surface area contributed by atoms with E-state index in [0.717, 1.165) is 101 Å². The second-order valence-corrected chi connectivity index (χ2v) is 30.8. The first-order chi connectivity index (χ1) is 49.4. The van der Waals surface area contributed by atoms with Gasteiger partial charge in [0.1, 0.15) is 30.2 Å². The molecule has 2 heterocycles. The van der Waals surface area contributed by atoms with Gasteiger partial charge in [0.15, 0.2) is 11.5 Å². The third kappa shape index (κ3) is 25.1. The Morgan fingerprint density at radius 3 is 1.88 bits per heavy atom. The molecule has 23 nitrogen and oxygen atoms in total. The highest BCUT2D eigenvalue weighted by atomic mass is 79.9. The molecule has 1 aromatic heterocycles. The molecule has 5 aromatic carbocycles. The predicted molar refractivity (Wildman–Crippen MR) is 396 cm³/mol. The van der Waals surface area contributed by atoms with Crippen molar-refractivity contribution in [3.8, 4) is 21.9 Å². The highest BCUT2D eigenvalue weighted by Gasteiger charge is 2.50. The zero-order valence-electron chi connectivity index (χ0n) is 59.6. The number of carbonyl (C=O) groups excluding carboxylic acids is 8. The number of halogens is 3. The van der Waals surface area contributed by atoms with E-state index in [2.05, 4.69) is 58.1 Å². The number of aryl methyl sites for hydroxylation is 2. The second-order valence-electron chi connectivity index (χ2n) is 27.5. The summed E-state index contributed by atoms with van der Waals surface area (Å²) in [6.45, 7) is 10.1. The number of thiazole rings is 1. The summed E-state index contributed by atoms with van der Waals surface area (Å²) in [5.41, 5.74) is 1.03. The SMILES string of the molecule is COc1cc(CC(=O)NC(Cc2ccccc2)C(=O)NC(Cc2ccc(C(F)(F)P(=O)(O)O)cc2)C(=O)NC(CCCCNC(=O)c2ccc(C)c(Br)c2)C(=O)NCCCCCCCCCCCC(=O)NC(C(=O)N2CC(O)CC2C(=O)NCc2ccc(-c3scnc3C)cc2)C(C)(C)C)ccc1O. The molecule has 1 aliphatic rings. The van der Waals surface area contributed by atoms with Crippen molar-refractivity contribution in [1.29, 1.82) is 0 Å². The first-order valence-electron chi connectivity index (χ1n) is 35.1. The number of rotatable bonds is 39. The number of likely N-dealkylation sites (tertiary alicyclic amines) is 1. The number of benzene rings is 5. The summed E-state index contributed by atoms with van der Waals surface area (Å²) in [4.78, 5) is 137. The van der Waals surface area contributed by atoms with E-state index in [-0.39, 0.29) is 99.5 Å². The van der Waals surface area contributed by atoms with E-state index in [1.54, 1.807) is 59.3 Å². The minimum Gasteiger partial charge on any atom is -0.504 e. The number of nitrogens with zero attached hydrogens (tertiary/aromatic N) is 2. The molecule has 7 rings (SSSR count). The van der Waals surface area contributed by atoms with Gasteiger partial charge in [-0.05, 0) is 109 Å². The van der Waals surface area contributed by atoms with Crippen LogP contribution in [-0.4, -0.2) is 140 Å². The van der Waals surface area contributed by atoms with Crippen LogP contribution in [0.5, 0.6) is 11.5 Å². The van der Waals surface area contributed by atoms with Gasteiger partial charge >= 0.3 is 13.3 Å². The highest BCUT2D eigenvalue weighted by Crippen LogP contribution is 2.59. The lowest BCUT2D eigenvalue weighted by Gasteiger charge is -2.35. The first-order valence-corrected chi connectivity index (χ1v) is 38.4. The number of β-amino-alcohol motifs (C(OH)–C–C–N with tert-alkyl or cyclic N) is 1. The average Bonchev–Trinajstić information content (AvgIpc) is 1.62. The molecule has 8 amide bonds. The van der Waals surface area contributed by atoms with Crippen molar-refractivity contribution in [2.75, 3.05) is 26.7 Å². The van der Waals surface area contributed by atoms with E-state index >= 15 is 0 Å². The third-order valence-electron chi connectivity index (χ3n) is 18.1. The molecule has 11 N–H and O–H groups in total. The largest absolute Gasteiger partial charge is 0.504 e. The molecular formula is C76H97BrF2N9O14PS. The summed E-state index contributed by atoms with van der Waals surface area (Å²) in [5, 5.41) is 40.8. The Labute approximate surface area is 618 Å². The average molecular weight is 1540 g/mol. The van der Waals surface area contributed by atoms with Gasteiger partial charge in [0, 0.05) is 67.5 Å². The lowest BCUT2D eigenvalue weighted by molar-refractivity contribution is -0.144. The Morgan fingerprint density at radius 2 is 1.26 bits per heavy atom. The van der Waals surface area contributed by atoms with Gasteiger partial charge in [-0.1, -0.05) is 173 Å². The summed E-state index contributed by atoms with van der Waals surface area (Å²) in [6, 6.07) is 24.0. The Kier molecular flexibility index (Phi) is 31.5. The van der Waals surface area contributed by atoms with E-state index in [1.165, 1.54) is 30.2 Å². The number of aliphatic hydroxyl groups is 1. The van der Waals surface area contributed by atoms with E-state index in [1.807, 2.05) is 65.0 Å². The van der Waals surface area contributed by atoms with Crippen LogP contribution in [0.1, 0.15) is 160 Å². The van der Waals surface area contributed by atoms with Crippen molar-refractivity contribution in [3.63, 3.8) is 0 Å². The number of phenolic OH excluding ortho intramolecular Hbond substituents is 1. The Bertz CT molecular complexity index is 3930. The fraction of sp³-hybridized carbons (Fsp3) is 0.461. The minimum atomic E-state index is -5.95. The molecule has 1 saturated heterocycles. The lowest BCUT2D eigenvalue weighted by Crippen LogP contribution is -2.57. The zero-order valence-corrected chi connectivity index (χ0v) is 62.9. The fourth-order valence-corrected chi connectivity index (χ4v) is 13.8. The third-order valence-corrected chi connectivity index (χ3v) is 21.0. The molecular weight excluding hydrogens is 1440 g/mol. The second kappa shape index (κ2) is 39.6. The maximum atomic E-state index is 14.8. The minimum absolute atomic E-state index is 0.0327. The van der Waals surface area contributed by atoms with Crippen LogP contribution >= 0.6 is 34.9 Å². The van der Waals surface area contributed by atoms with Crippen molar-refractivity contribution in [1.82, 2.24) is 47.1 Å². The van der Waals surface area contributed by atoms with Gasteiger partial charge in [0.05, 0.1) is 35.7 Å². The molecule has 0 bridgehead atoms. The standard InChI is InChI=1S/C76H97BrF2N9O14PS/c1-48-25-31-55(43-58(48)77)69(93)80-38-20-18-23-59(85-72(96)61(40-51-28-34-56(35-29-51)76(78,79)103(99,100)101)86-71(95)60(39-50-21-15-14-16-22-50)84-66(92)42-53-30-36-63(90)64(41-53)102-6)70(94)81-37-19-13-11-9-7-8-10-12-17-24-65(91)87-68(75(3,4)5)74(98)88-46-57(89)44-62(88)73(97)82-45-52-26-32-54(33-27-52)67-49(2)83-47-104-67/h14-16,21-22,25-36,41,43,47,57,59-62,68,89-90H,7-13,17-20,23-24,37-40,42,44-46H2,1-6H3,(H,80,93)(H,81,94)(H,82,97)(H,84,92)(H,85,96)(H,86,95)(H,87,91)(H2,99,100,101). The van der Waals surface area contributed by atoms with Gasteiger partial charge in [0.2, 0.25) is 41.4 Å². The molecule has 0 aliphatic carbocycles. The highest BCUT2D eigenvalue weighted by molar-refractivity contribution is 9.10. The number of aromatic hydroxyl groups is 1. The van der Waals surface area contributed by atoms with E-state index in [4.69, 9.17) is 4.74 Å². The summed E-state index contributed by atoms with van der Waals surface area (Å²) in [5.74, 6) is -4.28. The van der Waals surface area contributed by atoms with Gasteiger partial charge in [-0.25, -0.2) is 4.98 Å². The zero-order chi connectivity index (χ0) is 75.7. The topological polar surface area (TPSA) is 344 Å². The molecule has 0 saturated carbocycles. The molecule has 1 aliphatic heterocycles. The smallest absolute Gasteiger partial charge is 0.399 e. The predicted octanol–water partition coefficient (Wildman–Crippen LogP) is 10.0. The summed E-state index contributed by atoms with van der Waals surface area (Å²) < 4.78 is 47.4. The first kappa shape index (κ1) is 82.8. The van der Waals surface area contributed by atoms with E-state index in [9.17, 15) is 71.7 Å². The molecule has 6 aromatic rings. The van der Waals surface area contributed by atoms with Crippen molar-refractivity contribution >= 4 is 82.1 Å². The molecule has 28 heteroatoms. The number of hydrogen-bond donors (Lipinski definition) is 11. The van der Waals surface area contributed by atoms with Crippen LogP contribution in [-0.2, 0) is 69.6 Å². The number of ether oxygens (including phenoxy) is 1. The van der Waals surface area contributed by atoms with Crippen molar-refractivity contribution in [2.24, 2.45) is 5.41 Å². The number of unbranched alkanes of at least 4 members (excludes halogenated alkanes) is 9. The number of alkyl halides is 2. The van der Waals surface area contributed by atoms with Crippen molar-refractivity contribution in [2.45, 2.75) is 192 Å². The molecule has 6 atom stereocenters. The monoisotopic (exact) mass is 1540 g/mol. The Hall–Kier alpha value is -8.46. The van der Waals surface area contributed by atoms with Crippen LogP contribution in [0.25, 0.3) is 10.4 Å². The van der Waals surface area contributed by atoms with Crippen LogP contribution in [0.2, 0.25) is 0 Å². The van der Waals surface area contributed by atoms with Crippen LogP contribution in [0, 0.1) is 19.3 Å². The van der Waals surface area contributed by atoms with Gasteiger partial charge in [-0.3, -0.25) is 42.9 Å². The molecule has 0 radical (unpaired) electrons. The molecule has 562 valence electrons. The number of aromatic nitrogens is 1. The fourth-order valence-electron chi connectivity index (χ4n) is 12.1. The molecule has 6 unspecified atom stereocenters. The number of carbonyl (C=O) groups is 8. The number of nitrogens with one attached hydrogen (secondary N) is 7. The van der Waals surface area contributed by atoms with Crippen LogP contribution in [0.3, 0.4) is 0 Å². The van der Waals surface area contributed by atoms with Gasteiger partial charge in [-0.2, -0.15) is 8.78 Å². The number of hydrogen-bond acceptors (Lipinski definition) is 14. The Morgan fingerprint density at radius 1 is 0.673 bits per heavy atom. The Balaban J connectivity index is 0.915. The van der Waals surface area contributed by atoms with Crippen LogP contribution in [0.4, 0.5) is 8.78 Å². The number of methoxy groups -OCH3 is 1. The molecule has 104 heavy (non-hydrogen) atoms. The summed E-state index contributed by atoms with van der Waals surface area (Å²) in [7, 11) is -4.60. The maximum absolute atomic E-state index is 14.8. The normalized spacial score (nSPS) is 15.0. The van der Waals surface area contributed by atoms with Crippen LogP contribution < -0.4 is 42.0 Å². The summed E-state index contributed by atoms with van der Waals surface area (Å²) >= 11 is 5.01. The van der Waals surface area contributed by atoms with Gasteiger partial charge < -0.3 is 66.9 Å². The lowest BCUT2D eigenvalue weighted by atomic mass is 9.85.